The molecular formula is C14H21N3O3. The fourth-order valence-electron chi connectivity index (χ4n) is 1.68. The topological polar surface area (TPSA) is 93.5 Å². The zero-order chi connectivity index (χ0) is 15.0. The lowest BCUT2D eigenvalue weighted by atomic mass is 10.2. The average Bonchev–Trinajstić information content (AvgIpc) is 2.41. The summed E-state index contributed by atoms with van der Waals surface area (Å²) in [6.45, 7) is 2.46. The average molecular weight is 279 g/mol. The second kappa shape index (κ2) is 8.04. The van der Waals surface area contributed by atoms with Gasteiger partial charge in [-0.2, -0.15) is 0 Å². The summed E-state index contributed by atoms with van der Waals surface area (Å²) in [5.74, 6) is 0.410. The molecule has 0 bridgehead atoms. The molecular weight excluding hydrogens is 258 g/mol. The van der Waals surface area contributed by atoms with Gasteiger partial charge in [0.15, 0.2) is 0 Å². The van der Waals surface area contributed by atoms with Crippen molar-refractivity contribution in [1.82, 2.24) is 5.32 Å². The Bertz CT molecular complexity index is 475. The molecule has 0 radical (unpaired) electrons. The van der Waals surface area contributed by atoms with Crippen LogP contribution in [0.25, 0.3) is 0 Å². The van der Waals surface area contributed by atoms with Crippen LogP contribution in [0.2, 0.25) is 0 Å². The Hall–Kier alpha value is -2.24. The Balaban J connectivity index is 2.44. The lowest BCUT2D eigenvalue weighted by molar-refractivity contribution is -0.121. The maximum atomic E-state index is 11.8. The van der Waals surface area contributed by atoms with E-state index in [0.29, 0.717) is 36.5 Å². The van der Waals surface area contributed by atoms with Crippen molar-refractivity contribution in [3.05, 3.63) is 18.2 Å². The zero-order valence-electron chi connectivity index (χ0n) is 11.9. The lowest BCUT2D eigenvalue weighted by Crippen LogP contribution is -2.22. The Kier molecular flexibility index (Phi) is 6.36. The van der Waals surface area contributed by atoms with Crippen LogP contribution in [-0.2, 0) is 9.59 Å². The number of carbonyl (C=O) groups excluding carboxylic acids is 2. The molecule has 0 aliphatic rings. The van der Waals surface area contributed by atoms with E-state index < -0.39 is 0 Å². The molecule has 1 rings (SSSR count). The van der Waals surface area contributed by atoms with Gasteiger partial charge in [-0.05, 0) is 25.5 Å². The maximum absolute atomic E-state index is 11.8. The summed E-state index contributed by atoms with van der Waals surface area (Å²) < 4.78 is 5.07. The molecule has 2 amide bonds. The predicted molar refractivity (Wildman–Crippen MR) is 78.6 cm³/mol. The smallest absolute Gasteiger partial charge is 0.224 e. The van der Waals surface area contributed by atoms with Gasteiger partial charge in [0.05, 0.1) is 18.5 Å². The normalized spacial score (nSPS) is 9.90. The number of nitrogens with one attached hydrogen (secondary N) is 2. The predicted octanol–water partition coefficient (Wildman–Crippen LogP) is 1.52. The first-order valence-corrected chi connectivity index (χ1v) is 6.57. The number of hydrogen-bond acceptors (Lipinski definition) is 4. The van der Waals surface area contributed by atoms with Crippen LogP contribution in [0.1, 0.15) is 26.2 Å². The van der Waals surface area contributed by atoms with Crippen LogP contribution in [-0.4, -0.2) is 25.5 Å². The van der Waals surface area contributed by atoms with Crippen molar-refractivity contribution in [2.75, 3.05) is 24.7 Å². The summed E-state index contributed by atoms with van der Waals surface area (Å²) in [5.41, 5.74) is 6.77. The first kappa shape index (κ1) is 15.8. The first-order valence-electron chi connectivity index (χ1n) is 6.57. The highest BCUT2D eigenvalue weighted by Gasteiger charge is 2.08. The monoisotopic (exact) mass is 279 g/mol. The largest absolute Gasteiger partial charge is 0.497 e. The number of nitrogen functional groups attached to an aromatic ring is 1. The van der Waals surface area contributed by atoms with Crippen molar-refractivity contribution >= 4 is 23.2 Å². The van der Waals surface area contributed by atoms with Gasteiger partial charge in [0.2, 0.25) is 11.8 Å². The minimum absolute atomic E-state index is 0.0406. The molecule has 0 saturated heterocycles. The molecule has 0 aromatic heterocycles. The molecule has 110 valence electrons. The zero-order valence-corrected chi connectivity index (χ0v) is 11.9. The number of rotatable bonds is 7. The van der Waals surface area contributed by atoms with Crippen LogP contribution < -0.4 is 21.1 Å². The summed E-state index contributed by atoms with van der Waals surface area (Å²) in [5, 5.41) is 5.40. The van der Waals surface area contributed by atoms with Gasteiger partial charge in [0.25, 0.3) is 0 Å². The second-order valence-electron chi connectivity index (χ2n) is 4.31. The van der Waals surface area contributed by atoms with Gasteiger partial charge in [0.1, 0.15) is 5.75 Å². The molecule has 0 heterocycles. The van der Waals surface area contributed by atoms with E-state index in [1.165, 1.54) is 0 Å². The fourth-order valence-corrected chi connectivity index (χ4v) is 1.68. The Morgan fingerprint density at radius 3 is 2.60 bits per heavy atom. The first-order chi connectivity index (χ1) is 9.56. The highest BCUT2D eigenvalue weighted by molar-refractivity contribution is 5.94. The molecule has 0 saturated carbocycles. The number of hydrogen-bond donors (Lipinski definition) is 3. The minimum Gasteiger partial charge on any atom is -0.497 e. The maximum Gasteiger partial charge on any atom is 0.224 e. The molecule has 0 atom stereocenters. The van der Waals surface area contributed by atoms with Gasteiger partial charge in [-0.1, -0.05) is 0 Å². The van der Waals surface area contributed by atoms with Crippen LogP contribution in [0.15, 0.2) is 18.2 Å². The Labute approximate surface area is 118 Å². The molecule has 6 heteroatoms. The molecule has 20 heavy (non-hydrogen) atoms. The van der Waals surface area contributed by atoms with Crippen molar-refractivity contribution in [3.63, 3.8) is 0 Å². The van der Waals surface area contributed by atoms with Crippen LogP contribution in [0, 0.1) is 0 Å². The van der Waals surface area contributed by atoms with Crippen molar-refractivity contribution in [2.45, 2.75) is 26.2 Å². The van der Waals surface area contributed by atoms with Gasteiger partial charge >= 0.3 is 0 Å². The fraction of sp³-hybridized carbons (Fsp3) is 0.429. The number of amides is 2. The summed E-state index contributed by atoms with van der Waals surface area (Å²) in [4.78, 5) is 23.0. The summed E-state index contributed by atoms with van der Waals surface area (Å²) >= 11 is 0. The quantitative estimate of drug-likeness (QED) is 0.660. The molecule has 4 N–H and O–H groups in total. The van der Waals surface area contributed by atoms with E-state index in [1.807, 2.05) is 6.92 Å². The van der Waals surface area contributed by atoms with E-state index >= 15 is 0 Å². The Morgan fingerprint density at radius 2 is 1.95 bits per heavy atom. The van der Waals surface area contributed by atoms with Gasteiger partial charge in [0, 0.05) is 25.5 Å². The third-order valence-electron chi connectivity index (χ3n) is 2.72. The summed E-state index contributed by atoms with van der Waals surface area (Å²) in [6, 6.07) is 5.06. The number of anilines is 2. The summed E-state index contributed by atoms with van der Waals surface area (Å²) in [6.07, 6.45) is 1.12. The summed E-state index contributed by atoms with van der Waals surface area (Å²) in [7, 11) is 1.55. The van der Waals surface area contributed by atoms with Gasteiger partial charge in [-0.3, -0.25) is 9.59 Å². The van der Waals surface area contributed by atoms with Crippen LogP contribution >= 0.6 is 0 Å². The van der Waals surface area contributed by atoms with Crippen LogP contribution in [0.3, 0.4) is 0 Å². The van der Waals surface area contributed by atoms with E-state index in [4.69, 9.17) is 10.5 Å². The standard InChI is InChI=1S/C14H21N3O3/c1-3-16-13(18)5-4-6-14(19)17-12-9-10(20-2)7-8-11(12)15/h7-9H,3-6,15H2,1-2H3,(H,16,18)(H,17,19). The molecule has 1 aromatic rings. The third kappa shape index (κ3) is 5.17. The van der Waals surface area contributed by atoms with Gasteiger partial charge < -0.3 is 21.1 Å². The van der Waals surface area contributed by atoms with E-state index in [9.17, 15) is 9.59 Å². The lowest BCUT2D eigenvalue weighted by Gasteiger charge is -2.10. The molecule has 0 fully saturated rings. The van der Waals surface area contributed by atoms with E-state index in [1.54, 1.807) is 25.3 Å². The third-order valence-corrected chi connectivity index (χ3v) is 2.72. The molecule has 1 aromatic carbocycles. The van der Waals surface area contributed by atoms with E-state index in [2.05, 4.69) is 10.6 Å². The van der Waals surface area contributed by atoms with Crippen molar-refractivity contribution in [3.8, 4) is 5.75 Å². The van der Waals surface area contributed by atoms with E-state index in [0.717, 1.165) is 0 Å². The molecule has 0 spiro atoms. The van der Waals surface area contributed by atoms with Crippen LogP contribution in [0.4, 0.5) is 11.4 Å². The van der Waals surface area contributed by atoms with Crippen molar-refractivity contribution in [1.29, 1.82) is 0 Å². The SMILES string of the molecule is CCNC(=O)CCCC(=O)Nc1cc(OC)ccc1N. The molecule has 0 unspecified atom stereocenters. The number of ether oxygens (including phenoxy) is 1. The van der Waals surface area contributed by atoms with Crippen LogP contribution in [0.5, 0.6) is 5.75 Å². The van der Waals surface area contributed by atoms with Crippen molar-refractivity contribution in [2.24, 2.45) is 0 Å². The molecule has 0 aliphatic carbocycles. The molecule has 6 nitrogen and oxygen atoms in total. The number of carbonyl (C=O) groups is 2. The van der Waals surface area contributed by atoms with Gasteiger partial charge in [-0.15, -0.1) is 0 Å². The van der Waals surface area contributed by atoms with Gasteiger partial charge in [-0.25, -0.2) is 0 Å². The minimum atomic E-state index is -0.172. The highest BCUT2D eigenvalue weighted by Crippen LogP contribution is 2.24. The number of benzene rings is 1. The second-order valence-corrected chi connectivity index (χ2v) is 4.31. The van der Waals surface area contributed by atoms with Crippen molar-refractivity contribution < 1.29 is 14.3 Å². The highest BCUT2D eigenvalue weighted by atomic mass is 16.5. The number of nitrogens with two attached hydrogens (primary N) is 1. The number of methoxy groups -OCH3 is 1. The Morgan fingerprint density at radius 1 is 1.25 bits per heavy atom. The molecule has 0 aliphatic heterocycles. The van der Waals surface area contributed by atoms with E-state index in [-0.39, 0.29) is 18.2 Å².